The number of halogens is 1. The van der Waals surface area contributed by atoms with Crippen molar-refractivity contribution < 1.29 is 8.42 Å². The van der Waals surface area contributed by atoms with E-state index in [2.05, 4.69) is 14.7 Å². The molecule has 2 aromatic carbocycles. The van der Waals surface area contributed by atoms with Gasteiger partial charge in [-0.1, -0.05) is 23.7 Å². The zero-order valence-electron chi connectivity index (χ0n) is 12.2. The summed E-state index contributed by atoms with van der Waals surface area (Å²) in [5.74, 6) is 0.798. The Bertz CT molecular complexity index is 934. The van der Waals surface area contributed by atoms with E-state index in [1.807, 2.05) is 13.0 Å². The molecule has 0 unspecified atom stereocenters. The second kappa shape index (κ2) is 6.06. The maximum Gasteiger partial charge on any atom is 0.261 e. The van der Waals surface area contributed by atoms with Crippen molar-refractivity contribution >= 4 is 27.3 Å². The minimum Gasteiger partial charge on any atom is -0.342 e. The van der Waals surface area contributed by atoms with Gasteiger partial charge in [0, 0.05) is 16.3 Å². The van der Waals surface area contributed by atoms with Gasteiger partial charge in [-0.2, -0.15) is 0 Å². The number of benzene rings is 2. The Morgan fingerprint density at radius 3 is 2.52 bits per heavy atom. The van der Waals surface area contributed by atoms with Gasteiger partial charge in [-0.25, -0.2) is 13.4 Å². The molecule has 0 spiro atoms. The van der Waals surface area contributed by atoms with Crippen molar-refractivity contribution in [3.05, 3.63) is 65.6 Å². The van der Waals surface area contributed by atoms with E-state index in [4.69, 9.17) is 11.6 Å². The summed E-state index contributed by atoms with van der Waals surface area (Å²) in [5, 5.41) is 0.487. The number of rotatable bonds is 4. The summed E-state index contributed by atoms with van der Waals surface area (Å²) in [4.78, 5) is 7.42. The van der Waals surface area contributed by atoms with Crippen molar-refractivity contribution in [3.63, 3.8) is 0 Å². The molecule has 0 fully saturated rings. The summed E-state index contributed by atoms with van der Waals surface area (Å²) in [6.45, 7) is 1.86. The fraction of sp³-hybridized carbons (Fsp3) is 0.0625. The Labute approximate surface area is 139 Å². The molecular formula is C16H14ClN3O2S. The molecule has 0 aliphatic heterocycles. The van der Waals surface area contributed by atoms with Gasteiger partial charge in [-0.05, 0) is 43.3 Å². The molecule has 118 valence electrons. The molecule has 0 aliphatic carbocycles. The van der Waals surface area contributed by atoms with Crippen LogP contribution in [0, 0.1) is 6.92 Å². The van der Waals surface area contributed by atoms with Crippen molar-refractivity contribution in [2.75, 3.05) is 4.72 Å². The lowest BCUT2D eigenvalue weighted by atomic mass is 10.1. The highest BCUT2D eigenvalue weighted by Gasteiger charge is 2.14. The number of anilines is 1. The lowest BCUT2D eigenvalue weighted by Crippen LogP contribution is -2.12. The minimum atomic E-state index is -3.66. The number of nitrogens with one attached hydrogen (secondary N) is 2. The fourth-order valence-corrected chi connectivity index (χ4v) is 3.32. The van der Waals surface area contributed by atoms with Gasteiger partial charge in [0.25, 0.3) is 10.0 Å². The van der Waals surface area contributed by atoms with Crippen LogP contribution < -0.4 is 4.72 Å². The molecule has 2 N–H and O–H groups in total. The number of aryl methyl sites for hydroxylation is 1. The van der Waals surface area contributed by atoms with Crippen LogP contribution >= 0.6 is 11.6 Å². The molecular weight excluding hydrogens is 334 g/mol. The molecule has 5 nitrogen and oxygen atoms in total. The number of hydrogen-bond donors (Lipinski definition) is 2. The maximum absolute atomic E-state index is 12.4. The topological polar surface area (TPSA) is 74.8 Å². The maximum atomic E-state index is 12.4. The monoisotopic (exact) mass is 347 g/mol. The highest BCUT2D eigenvalue weighted by molar-refractivity contribution is 7.92. The first-order chi connectivity index (χ1) is 10.9. The van der Waals surface area contributed by atoms with Crippen LogP contribution in [0.15, 0.2) is 59.6 Å². The summed E-state index contributed by atoms with van der Waals surface area (Å²) in [6, 6.07) is 13.1. The predicted molar refractivity (Wildman–Crippen MR) is 91.0 cm³/mol. The third-order valence-electron chi connectivity index (χ3n) is 3.25. The molecule has 23 heavy (non-hydrogen) atoms. The number of H-pyrrole nitrogens is 1. The molecule has 0 atom stereocenters. The average Bonchev–Trinajstić information content (AvgIpc) is 2.94. The van der Waals surface area contributed by atoms with Crippen molar-refractivity contribution in [2.45, 2.75) is 11.8 Å². The van der Waals surface area contributed by atoms with Gasteiger partial charge in [-0.15, -0.1) is 0 Å². The van der Waals surface area contributed by atoms with E-state index in [1.165, 1.54) is 12.1 Å². The molecule has 3 aromatic rings. The standard InChI is InChI=1S/C16H14ClN3O2S/c1-11-18-10-16(19-11)12-3-2-4-14(9-12)20-23(21,22)15-7-5-13(17)6-8-15/h2-10,20H,1H3,(H,18,19). The van der Waals surface area contributed by atoms with Gasteiger partial charge in [-0.3, -0.25) is 4.72 Å². The van der Waals surface area contributed by atoms with Crippen molar-refractivity contribution in [1.82, 2.24) is 9.97 Å². The van der Waals surface area contributed by atoms with Crippen molar-refractivity contribution in [1.29, 1.82) is 0 Å². The summed E-state index contributed by atoms with van der Waals surface area (Å²) in [5.41, 5.74) is 2.15. The number of imidazole rings is 1. The Kier molecular flexibility index (Phi) is 4.11. The molecule has 0 amide bonds. The van der Waals surface area contributed by atoms with Crippen LogP contribution in [0.25, 0.3) is 11.3 Å². The Morgan fingerprint density at radius 1 is 1.13 bits per heavy atom. The second-order valence-electron chi connectivity index (χ2n) is 5.02. The highest BCUT2D eigenvalue weighted by Crippen LogP contribution is 2.23. The molecule has 1 heterocycles. The van der Waals surface area contributed by atoms with E-state index in [9.17, 15) is 8.42 Å². The van der Waals surface area contributed by atoms with E-state index in [0.29, 0.717) is 10.7 Å². The highest BCUT2D eigenvalue weighted by atomic mass is 35.5. The number of sulfonamides is 1. The van der Waals surface area contributed by atoms with Gasteiger partial charge in [0.15, 0.2) is 0 Å². The summed E-state index contributed by atoms with van der Waals surface area (Å²) >= 11 is 5.79. The largest absolute Gasteiger partial charge is 0.342 e. The number of aromatic nitrogens is 2. The minimum absolute atomic E-state index is 0.157. The number of hydrogen-bond acceptors (Lipinski definition) is 3. The van der Waals surface area contributed by atoms with E-state index in [1.54, 1.807) is 36.5 Å². The van der Waals surface area contributed by atoms with Crippen LogP contribution in [-0.2, 0) is 10.0 Å². The summed E-state index contributed by atoms with van der Waals surface area (Å²) < 4.78 is 27.3. The van der Waals surface area contributed by atoms with Gasteiger partial charge in [0.05, 0.1) is 16.8 Å². The van der Waals surface area contributed by atoms with Crippen molar-refractivity contribution in [2.24, 2.45) is 0 Å². The van der Waals surface area contributed by atoms with E-state index < -0.39 is 10.0 Å². The van der Waals surface area contributed by atoms with Crippen LogP contribution in [0.3, 0.4) is 0 Å². The Hall–Kier alpha value is -2.31. The quantitative estimate of drug-likeness (QED) is 0.753. The van der Waals surface area contributed by atoms with Crippen LogP contribution in [0.2, 0.25) is 5.02 Å². The van der Waals surface area contributed by atoms with Gasteiger partial charge in [0.2, 0.25) is 0 Å². The molecule has 0 saturated heterocycles. The third kappa shape index (κ3) is 3.55. The molecule has 1 aromatic heterocycles. The Balaban J connectivity index is 1.89. The first kappa shape index (κ1) is 15.6. The van der Waals surface area contributed by atoms with Crippen LogP contribution in [0.5, 0.6) is 0 Å². The molecule has 0 aliphatic rings. The van der Waals surface area contributed by atoms with Gasteiger partial charge in [0.1, 0.15) is 5.82 Å². The fourth-order valence-electron chi connectivity index (χ4n) is 2.15. The number of nitrogens with zero attached hydrogens (tertiary/aromatic N) is 1. The normalized spacial score (nSPS) is 11.4. The van der Waals surface area contributed by atoms with Crippen molar-refractivity contribution in [3.8, 4) is 11.3 Å². The zero-order valence-corrected chi connectivity index (χ0v) is 13.8. The van der Waals surface area contributed by atoms with Crippen LogP contribution in [0.1, 0.15) is 5.82 Å². The first-order valence-electron chi connectivity index (χ1n) is 6.84. The lowest BCUT2D eigenvalue weighted by molar-refractivity contribution is 0.601. The predicted octanol–water partition coefficient (Wildman–Crippen LogP) is 3.84. The summed E-state index contributed by atoms with van der Waals surface area (Å²) in [6.07, 6.45) is 1.71. The molecule has 3 rings (SSSR count). The summed E-state index contributed by atoms with van der Waals surface area (Å²) in [7, 11) is -3.66. The van der Waals surface area contributed by atoms with E-state index in [0.717, 1.165) is 17.1 Å². The van der Waals surface area contributed by atoms with Gasteiger partial charge < -0.3 is 4.98 Å². The molecule has 0 bridgehead atoms. The zero-order chi connectivity index (χ0) is 16.4. The third-order valence-corrected chi connectivity index (χ3v) is 4.90. The smallest absolute Gasteiger partial charge is 0.261 e. The number of aromatic amines is 1. The Morgan fingerprint density at radius 2 is 1.87 bits per heavy atom. The van der Waals surface area contributed by atoms with E-state index >= 15 is 0 Å². The molecule has 7 heteroatoms. The molecule has 0 radical (unpaired) electrons. The second-order valence-corrected chi connectivity index (χ2v) is 7.14. The molecule has 0 saturated carbocycles. The van der Waals surface area contributed by atoms with E-state index in [-0.39, 0.29) is 4.90 Å². The van der Waals surface area contributed by atoms with Crippen LogP contribution in [0.4, 0.5) is 5.69 Å². The average molecular weight is 348 g/mol. The van der Waals surface area contributed by atoms with Gasteiger partial charge >= 0.3 is 0 Å². The first-order valence-corrected chi connectivity index (χ1v) is 8.70. The SMILES string of the molecule is Cc1ncc(-c2cccc(NS(=O)(=O)c3ccc(Cl)cc3)c2)[nH]1. The lowest BCUT2D eigenvalue weighted by Gasteiger charge is -2.09. The van der Waals surface area contributed by atoms with Crippen LogP contribution in [-0.4, -0.2) is 18.4 Å².